The Morgan fingerprint density at radius 2 is 1.36 bits per heavy atom. The van der Waals surface area contributed by atoms with Crippen LogP contribution < -0.4 is 4.48 Å². The number of ether oxygens (including phenoxy) is 2. The van der Waals surface area contributed by atoms with Gasteiger partial charge in [-0.05, 0) is 41.9 Å². The molecule has 0 N–H and O–H groups in total. The summed E-state index contributed by atoms with van der Waals surface area (Å²) >= 11 is 38.9. The smallest absolute Gasteiger partial charge is 0.420 e. The summed E-state index contributed by atoms with van der Waals surface area (Å²) in [6, 6.07) is 4.54. The molecule has 33 heavy (non-hydrogen) atoms. The number of alkyl halides is 6. The summed E-state index contributed by atoms with van der Waals surface area (Å²) in [5.74, 6) is -0.517. The Balaban J connectivity index is 2.67. The number of imide groups is 1. The predicted molar refractivity (Wildman–Crippen MR) is 133 cm³/mol. The second kappa shape index (κ2) is 11.0. The maximum absolute atomic E-state index is 12.7. The third-order valence-corrected chi connectivity index (χ3v) is 5.75. The molecule has 1 heterocycles. The Kier molecular flexibility index (Phi) is 9.49. The van der Waals surface area contributed by atoms with E-state index in [2.05, 4.69) is 30.9 Å². The molecule has 0 aliphatic heterocycles. The van der Waals surface area contributed by atoms with Crippen molar-refractivity contribution in [3.63, 3.8) is 0 Å². The molecule has 0 bridgehead atoms. The van der Waals surface area contributed by atoms with E-state index in [4.69, 9.17) is 79.1 Å². The Labute approximate surface area is 228 Å². The lowest BCUT2D eigenvalue weighted by molar-refractivity contribution is 0.0904. The van der Waals surface area contributed by atoms with Crippen LogP contribution in [0.25, 0.3) is 11.4 Å². The number of amides is 2. The van der Waals surface area contributed by atoms with Crippen LogP contribution in [-0.4, -0.2) is 47.4 Å². The topological polar surface area (TPSA) is 91.3 Å². The van der Waals surface area contributed by atoms with Crippen molar-refractivity contribution in [2.45, 2.75) is 21.4 Å². The Morgan fingerprint density at radius 3 is 1.73 bits per heavy atom. The zero-order valence-corrected chi connectivity index (χ0v) is 23.3. The molecule has 0 spiro atoms. The van der Waals surface area contributed by atoms with E-state index in [1.54, 1.807) is 13.8 Å². The van der Waals surface area contributed by atoms with Gasteiger partial charge in [0.2, 0.25) is 7.59 Å². The molecule has 0 atom stereocenters. The van der Waals surface area contributed by atoms with E-state index >= 15 is 0 Å². The van der Waals surface area contributed by atoms with Crippen LogP contribution >= 0.6 is 85.5 Å². The minimum absolute atomic E-state index is 0.0152. The SMILES string of the molecule is CCOC(=O)[N+](C)(C(=O)OCC)c1ccc(-c2nc(C(Cl)(Cl)Cl)nc(C(Cl)(Cl)Cl)n2)cc1Br. The average molecular weight is 645 g/mol. The summed E-state index contributed by atoms with van der Waals surface area (Å²) < 4.78 is 5.55. The van der Waals surface area contributed by atoms with Gasteiger partial charge in [0.15, 0.2) is 23.2 Å². The predicted octanol–water partition coefficient (Wildman–Crippen LogP) is 7.20. The molecule has 0 fully saturated rings. The van der Waals surface area contributed by atoms with Crippen molar-refractivity contribution in [1.29, 1.82) is 0 Å². The number of aromatic nitrogens is 3. The van der Waals surface area contributed by atoms with Crippen molar-refractivity contribution in [3.05, 3.63) is 34.3 Å². The highest BCUT2D eigenvalue weighted by atomic mass is 79.9. The van der Waals surface area contributed by atoms with E-state index in [9.17, 15) is 9.59 Å². The highest BCUT2D eigenvalue weighted by Crippen LogP contribution is 2.41. The van der Waals surface area contributed by atoms with Crippen LogP contribution in [0.4, 0.5) is 15.3 Å². The summed E-state index contributed by atoms with van der Waals surface area (Å²) in [5.41, 5.74) is 0.603. The fraction of sp³-hybridized carbons (Fsp3) is 0.389. The molecule has 2 amide bonds. The third kappa shape index (κ3) is 6.52. The van der Waals surface area contributed by atoms with Crippen molar-refractivity contribution >= 4 is 103 Å². The molecule has 2 aromatic rings. The molecule has 1 aromatic heterocycles. The van der Waals surface area contributed by atoms with Gasteiger partial charge in [-0.25, -0.2) is 15.0 Å². The maximum atomic E-state index is 12.7. The average Bonchev–Trinajstić information content (AvgIpc) is 2.71. The molecule has 0 radical (unpaired) electrons. The summed E-state index contributed by atoms with van der Waals surface area (Å²) in [6.07, 6.45) is -1.66. The lowest BCUT2D eigenvalue weighted by Crippen LogP contribution is -2.56. The largest absolute Gasteiger partial charge is 0.531 e. The van der Waals surface area contributed by atoms with Gasteiger partial charge in [-0.1, -0.05) is 74.1 Å². The minimum Gasteiger partial charge on any atom is -0.420 e. The van der Waals surface area contributed by atoms with E-state index in [0.29, 0.717) is 10.0 Å². The number of quaternary nitrogens is 1. The van der Waals surface area contributed by atoms with Gasteiger partial charge in [-0.15, -0.1) is 0 Å². The molecule has 1 aromatic carbocycles. The van der Waals surface area contributed by atoms with Crippen LogP contribution in [0, 0.1) is 0 Å². The quantitative estimate of drug-likeness (QED) is 0.257. The Hall–Kier alpha value is -0.650. The first kappa shape index (κ1) is 28.6. The number of nitrogens with zero attached hydrogens (tertiary/aromatic N) is 4. The monoisotopic (exact) mass is 641 g/mol. The second-order valence-corrected chi connectivity index (χ2v) is 11.8. The standard InChI is InChI=1S/C18H16BrCl6N4O4/c1-4-32-15(30)29(3,16(31)33-5-2)11-7-6-9(8-10(11)19)12-26-13(17(20,21)22)28-14(27-12)18(23,24)25/h6-8H,4-5H2,1-3H3/q+1. The van der Waals surface area contributed by atoms with Gasteiger partial charge in [0.1, 0.15) is 0 Å². The van der Waals surface area contributed by atoms with Crippen molar-refractivity contribution in [2.24, 2.45) is 0 Å². The number of halogens is 7. The lowest BCUT2D eigenvalue weighted by atomic mass is 10.1. The molecular formula is C18H16BrCl6N4O4+. The molecule has 2 rings (SSSR count). The molecule has 0 aliphatic rings. The fourth-order valence-corrected chi connectivity index (χ4v) is 3.78. The van der Waals surface area contributed by atoms with Gasteiger partial charge >= 0.3 is 12.2 Å². The first-order valence-electron chi connectivity index (χ1n) is 9.08. The fourth-order valence-electron chi connectivity index (χ4n) is 2.54. The van der Waals surface area contributed by atoms with E-state index < -0.39 is 24.3 Å². The molecule has 15 heteroatoms. The molecule has 0 unspecified atom stereocenters. The number of hydrogen-bond donors (Lipinski definition) is 0. The highest BCUT2D eigenvalue weighted by molar-refractivity contribution is 9.10. The maximum Gasteiger partial charge on any atom is 0.531 e. The van der Waals surface area contributed by atoms with Crippen molar-refractivity contribution in [2.75, 3.05) is 20.3 Å². The van der Waals surface area contributed by atoms with Gasteiger partial charge in [0.25, 0.3) is 0 Å². The summed E-state index contributed by atoms with van der Waals surface area (Å²) in [7, 11) is 1.35. The van der Waals surface area contributed by atoms with Gasteiger partial charge in [0.05, 0.1) is 24.7 Å². The zero-order valence-electron chi connectivity index (χ0n) is 17.2. The number of benzene rings is 1. The summed E-state index contributed by atoms with van der Waals surface area (Å²) in [6.45, 7) is 3.37. The highest BCUT2D eigenvalue weighted by Gasteiger charge is 2.48. The van der Waals surface area contributed by atoms with Crippen LogP contribution in [0.1, 0.15) is 25.5 Å². The number of carbonyl (C=O) groups excluding carboxylic acids is 2. The zero-order chi connectivity index (χ0) is 25.2. The van der Waals surface area contributed by atoms with Crippen LogP contribution in [0.2, 0.25) is 0 Å². The second-order valence-electron chi connectivity index (χ2n) is 6.37. The van der Waals surface area contributed by atoms with E-state index in [1.165, 1.54) is 25.2 Å². The molecule has 0 aliphatic carbocycles. The van der Waals surface area contributed by atoms with E-state index in [-0.39, 0.29) is 36.4 Å². The lowest BCUT2D eigenvalue weighted by Gasteiger charge is -2.26. The van der Waals surface area contributed by atoms with Gasteiger partial charge < -0.3 is 9.47 Å². The summed E-state index contributed by atoms with van der Waals surface area (Å²) in [4.78, 5) is 37.6. The summed E-state index contributed by atoms with van der Waals surface area (Å²) in [5, 5.41) is 0. The van der Waals surface area contributed by atoms with Crippen molar-refractivity contribution < 1.29 is 19.1 Å². The van der Waals surface area contributed by atoms with Gasteiger partial charge in [0, 0.05) is 11.6 Å². The van der Waals surface area contributed by atoms with Gasteiger partial charge in [-0.3, -0.25) is 0 Å². The Bertz CT molecular complexity index is 1010. The van der Waals surface area contributed by atoms with Gasteiger partial charge in [-0.2, -0.15) is 9.59 Å². The number of rotatable bonds is 4. The number of carbonyl (C=O) groups is 2. The Morgan fingerprint density at radius 1 is 0.909 bits per heavy atom. The first-order chi connectivity index (χ1) is 15.2. The molecule has 0 saturated heterocycles. The minimum atomic E-state index is -2.02. The molecular weight excluding hydrogens is 629 g/mol. The van der Waals surface area contributed by atoms with Crippen LogP contribution in [-0.2, 0) is 17.1 Å². The van der Waals surface area contributed by atoms with Crippen molar-refractivity contribution in [3.8, 4) is 11.4 Å². The van der Waals surface area contributed by atoms with Crippen molar-refractivity contribution in [1.82, 2.24) is 19.4 Å². The first-order valence-corrected chi connectivity index (χ1v) is 12.1. The molecule has 180 valence electrons. The van der Waals surface area contributed by atoms with E-state index in [1.807, 2.05) is 0 Å². The van der Waals surface area contributed by atoms with E-state index in [0.717, 1.165) is 0 Å². The third-order valence-electron chi connectivity index (χ3n) is 4.10. The van der Waals surface area contributed by atoms with Crippen LogP contribution in [0.3, 0.4) is 0 Å². The normalized spacial score (nSPS) is 12.4. The molecule has 8 nitrogen and oxygen atoms in total. The number of hydrogen-bond acceptors (Lipinski definition) is 7. The van der Waals surface area contributed by atoms with Crippen LogP contribution in [0.15, 0.2) is 22.7 Å². The van der Waals surface area contributed by atoms with Crippen LogP contribution in [0.5, 0.6) is 0 Å². The molecule has 0 saturated carbocycles.